The van der Waals surface area contributed by atoms with Crippen molar-refractivity contribution in [2.45, 2.75) is 18.9 Å². The van der Waals surface area contributed by atoms with E-state index < -0.39 is 0 Å². The number of rotatable bonds is 7. The highest BCUT2D eigenvalue weighted by Crippen LogP contribution is 2.28. The normalized spacial score (nSPS) is 12.2. The SMILES string of the molecule is CNC(Cc1ccc(OC)c(OC)c1)Cc1ccc(Cl)s1. The van der Waals surface area contributed by atoms with Crippen LogP contribution in [-0.2, 0) is 12.8 Å². The lowest BCUT2D eigenvalue weighted by Gasteiger charge is -2.16. The van der Waals surface area contributed by atoms with E-state index in [4.69, 9.17) is 21.1 Å². The van der Waals surface area contributed by atoms with Gasteiger partial charge in [0.2, 0.25) is 0 Å². The minimum atomic E-state index is 0.359. The molecule has 0 aliphatic rings. The Bertz CT molecular complexity index is 585. The molecule has 5 heteroatoms. The molecule has 0 aliphatic heterocycles. The zero-order valence-electron chi connectivity index (χ0n) is 12.5. The van der Waals surface area contributed by atoms with Crippen molar-refractivity contribution >= 4 is 22.9 Å². The first-order valence-electron chi connectivity index (χ1n) is 6.78. The summed E-state index contributed by atoms with van der Waals surface area (Å²) in [6.45, 7) is 0. The van der Waals surface area contributed by atoms with E-state index in [1.54, 1.807) is 25.6 Å². The first-order valence-corrected chi connectivity index (χ1v) is 7.98. The second kappa shape index (κ2) is 7.69. The van der Waals surface area contributed by atoms with Gasteiger partial charge in [0.15, 0.2) is 11.5 Å². The molecule has 1 aromatic carbocycles. The summed E-state index contributed by atoms with van der Waals surface area (Å²) in [4.78, 5) is 1.29. The third-order valence-corrected chi connectivity index (χ3v) is 4.67. The molecule has 1 aromatic heterocycles. The smallest absolute Gasteiger partial charge is 0.160 e. The maximum absolute atomic E-state index is 5.99. The van der Waals surface area contributed by atoms with Gasteiger partial charge >= 0.3 is 0 Å². The summed E-state index contributed by atoms with van der Waals surface area (Å²) in [5.41, 5.74) is 1.22. The molecular weight excluding hydrogens is 306 g/mol. The second-order valence-electron chi connectivity index (χ2n) is 4.79. The molecule has 1 heterocycles. The summed E-state index contributed by atoms with van der Waals surface area (Å²) in [6, 6.07) is 10.5. The van der Waals surface area contributed by atoms with E-state index in [2.05, 4.69) is 17.4 Å². The van der Waals surface area contributed by atoms with Crippen LogP contribution in [0.3, 0.4) is 0 Å². The molecule has 0 saturated carbocycles. The largest absolute Gasteiger partial charge is 0.493 e. The van der Waals surface area contributed by atoms with E-state index in [0.29, 0.717) is 6.04 Å². The monoisotopic (exact) mass is 325 g/mol. The second-order valence-corrected chi connectivity index (χ2v) is 6.59. The average molecular weight is 326 g/mol. The van der Waals surface area contributed by atoms with Crippen LogP contribution in [0.5, 0.6) is 11.5 Å². The van der Waals surface area contributed by atoms with Crippen LogP contribution in [0, 0.1) is 0 Å². The summed E-state index contributed by atoms with van der Waals surface area (Å²) in [7, 11) is 5.29. The van der Waals surface area contributed by atoms with Crippen molar-refractivity contribution in [2.24, 2.45) is 0 Å². The molecule has 114 valence electrons. The van der Waals surface area contributed by atoms with Crippen molar-refractivity contribution in [3.05, 3.63) is 45.1 Å². The van der Waals surface area contributed by atoms with Crippen LogP contribution in [0.4, 0.5) is 0 Å². The Hall–Kier alpha value is -1.23. The summed E-state index contributed by atoms with van der Waals surface area (Å²) in [6.07, 6.45) is 1.88. The highest BCUT2D eigenvalue weighted by Gasteiger charge is 2.12. The van der Waals surface area contributed by atoms with Crippen molar-refractivity contribution in [1.82, 2.24) is 5.32 Å². The van der Waals surface area contributed by atoms with Crippen LogP contribution in [0.2, 0.25) is 4.34 Å². The average Bonchev–Trinajstić information content (AvgIpc) is 2.91. The van der Waals surface area contributed by atoms with Crippen LogP contribution in [0.25, 0.3) is 0 Å². The number of benzene rings is 1. The number of hydrogen-bond donors (Lipinski definition) is 1. The van der Waals surface area contributed by atoms with Gasteiger partial charge in [0.05, 0.1) is 18.6 Å². The summed E-state index contributed by atoms with van der Waals surface area (Å²) < 4.78 is 11.5. The number of ether oxygens (including phenoxy) is 2. The van der Waals surface area contributed by atoms with Gasteiger partial charge in [0.1, 0.15) is 0 Å². The van der Waals surface area contributed by atoms with Gasteiger partial charge in [-0.05, 0) is 49.7 Å². The third-order valence-electron chi connectivity index (χ3n) is 3.41. The highest BCUT2D eigenvalue weighted by molar-refractivity contribution is 7.16. The van der Waals surface area contributed by atoms with E-state index >= 15 is 0 Å². The number of likely N-dealkylation sites (N-methyl/N-ethyl adjacent to an activating group) is 1. The molecule has 21 heavy (non-hydrogen) atoms. The molecular formula is C16H20ClNO2S. The minimum absolute atomic E-state index is 0.359. The molecule has 3 nitrogen and oxygen atoms in total. The maximum Gasteiger partial charge on any atom is 0.160 e. The zero-order chi connectivity index (χ0) is 15.2. The topological polar surface area (TPSA) is 30.5 Å². The number of nitrogens with one attached hydrogen (secondary N) is 1. The Morgan fingerprint density at radius 1 is 1.10 bits per heavy atom. The Kier molecular flexibility index (Phi) is 5.91. The first-order chi connectivity index (χ1) is 10.2. The van der Waals surface area contributed by atoms with Gasteiger partial charge in [-0.25, -0.2) is 0 Å². The lowest BCUT2D eigenvalue weighted by atomic mass is 10.0. The molecule has 2 rings (SSSR count). The van der Waals surface area contributed by atoms with Crippen molar-refractivity contribution in [3.63, 3.8) is 0 Å². The Morgan fingerprint density at radius 3 is 2.43 bits per heavy atom. The number of thiophene rings is 1. The molecule has 0 bridgehead atoms. The first kappa shape index (κ1) is 16.1. The number of methoxy groups -OCH3 is 2. The van der Waals surface area contributed by atoms with Crippen LogP contribution in [0.1, 0.15) is 10.4 Å². The molecule has 1 atom stereocenters. The van der Waals surface area contributed by atoms with Crippen molar-refractivity contribution in [2.75, 3.05) is 21.3 Å². The quantitative estimate of drug-likeness (QED) is 0.840. The highest BCUT2D eigenvalue weighted by atomic mass is 35.5. The Balaban J connectivity index is 2.07. The predicted molar refractivity (Wildman–Crippen MR) is 89.1 cm³/mol. The van der Waals surface area contributed by atoms with Crippen LogP contribution in [-0.4, -0.2) is 27.3 Å². The van der Waals surface area contributed by atoms with Crippen molar-refractivity contribution in [1.29, 1.82) is 0 Å². The Labute approximate surface area is 134 Å². The van der Waals surface area contributed by atoms with Gasteiger partial charge in [0, 0.05) is 10.9 Å². The van der Waals surface area contributed by atoms with Crippen molar-refractivity contribution < 1.29 is 9.47 Å². The van der Waals surface area contributed by atoms with Gasteiger partial charge in [-0.2, -0.15) is 0 Å². The third kappa shape index (κ3) is 4.37. The van der Waals surface area contributed by atoms with Gasteiger partial charge in [-0.1, -0.05) is 17.7 Å². The molecule has 0 saturated heterocycles. The predicted octanol–water partition coefficient (Wildman–Crippen LogP) is 3.79. The fourth-order valence-corrected chi connectivity index (χ4v) is 3.44. The fraction of sp³-hybridized carbons (Fsp3) is 0.375. The summed E-state index contributed by atoms with van der Waals surface area (Å²) in [5.74, 6) is 1.52. The van der Waals surface area contributed by atoms with Gasteiger partial charge in [0.25, 0.3) is 0 Å². The van der Waals surface area contributed by atoms with Gasteiger partial charge < -0.3 is 14.8 Å². The molecule has 2 aromatic rings. The standard InChI is InChI=1S/C16H20ClNO2S/c1-18-12(10-13-5-7-16(17)21-13)8-11-4-6-14(19-2)15(9-11)20-3/h4-7,9,12,18H,8,10H2,1-3H3. The van der Waals surface area contributed by atoms with Crippen molar-refractivity contribution in [3.8, 4) is 11.5 Å². The molecule has 0 radical (unpaired) electrons. The van der Waals surface area contributed by atoms with E-state index in [9.17, 15) is 0 Å². The van der Waals surface area contributed by atoms with Crippen LogP contribution in [0.15, 0.2) is 30.3 Å². The van der Waals surface area contributed by atoms with Crippen LogP contribution < -0.4 is 14.8 Å². The van der Waals surface area contributed by atoms with E-state index in [-0.39, 0.29) is 0 Å². The van der Waals surface area contributed by atoms with E-state index in [1.807, 2.05) is 25.2 Å². The fourth-order valence-electron chi connectivity index (χ4n) is 2.27. The Morgan fingerprint density at radius 2 is 1.86 bits per heavy atom. The molecule has 0 fully saturated rings. The minimum Gasteiger partial charge on any atom is -0.493 e. The number of hydrogen-bond acceptors (Lipinski definition) is 4. The van der Waals surface area contributed by atoms with Crippen LogP contribution >= 0.6 is 22.9 Å². The molecule has 1 unspecified atom stereocenters. The molecule has 0 aliphatic carbocycles. The lowest BCUT2D eigenvalue weighted by molar-refractivity contribution is 0.354. The molecule has 0 spiro atoms. The van der Waals surface area contributed by atoms with Gasteiger partial charge in [-0.15, -0.1) is 11.3 Å². The number of halogens is 1. The van der Waals surface area contributed by atoms with Gasteiger partial charge in [-0.3, -0.25) is 0 Å². The maximum atomic E-state index is 5.99. The summed E-state index contributed by atoms with van der Waals surface area (Å²) >= 11 is 7.62. The zero-order valence-corrected chi connectivity index (χ0v) is 14.1. The molecule has 0 amide bonds. The van der Waals surface area contributed by atoms with E-state index in [0.717, 1.165) is 28.7 Å². The molecule has 1 N–H and O–H groups in total. The van der Waals surface area contributed by atoms with E-state index in [1.165, 1.54) is 10.4 Å². The summed E-state index contributed by atoms with van der Waals surface area (Å²) in [5, 5.41) is 3.37. The lowest BCUT2D eigenvalue weighted by Crippen LogP contribution is -2.29.